The molecule has 14 aromatic carbocycles. The van der Waals surface area contributed by atoms with Crippen molar-refractivity contribution in [1.82, 2.24) is 9.97 Å². The van der Waals surface area contributed by atoms with E-state index in [0.29, 0.717) is 11.8 Å². The van der Waals surface area contributed by atoms with Crippen LogP contribution in [-0.2, 0) is 17.3 Å². The number of para-hydroxylation sites is 2. The first kappa shape index (κ1) is 55.0. The minimum Gasteiger partial charge on any atom is -0.436 e. The lowest BCUT2D eigenvalue weighted by molar-refractivity contribution is 0.582. The van der Waals surface area contributed by atoms with E-state index < -0.39 is 0 Å². The first-order valence-corrected chi connectivity index (χ1v) is 32.4. The van der Waals surface area contributed by atoms with Crippen LogP contribution in [0.2, 0.25) is 0 Å². The van der Waals surface area contributed by atoms with Crippen LogP contribution in [0.5, 0.6) is 0 Å². The van der Waals surface area contributed by atoms with Gasteiger partial charge in [0.1, 0.15) is 11.0 Å². The third kappa shape index (κ3) is 8.93. The van der Waals surface area contributed by atoms with Crippen molar-refractivity contribution in [3.05, 3.63) is 337 Å². The number of hydrogen-bond donors (Lipinski definition) is 0. The number of hydrogen-bond acceptors (Lipinski definition) is 6. The van der Waals surface area contributed by atoms with Gasteiger partial charge in [-0.05, 0) is 188 Å². The monoisotopic (exact) mass is 1210 g/mol. The zero-order valence-corrected chi connectivity index (χ0v) is 52.3. The summed E-state index contributed by atoms with van der Waals surface area (Å²) in [5.41, 5.74) is 27.2. The molecule has 0 aliphatic heterocycles. The molecule has 6 heteroatoms. The predicted octanol–water partition coefficient (Wildman–Crippen LogP) is 23.7. The van der Waals surface area contributed by atoms with Gasteiger partial charge in [-0.25, -0.2) is 9.97 Å². The van der Waals surface area contributed by atoms with E-state index in [0.717, 1.165) is 118 Å². The lowest BCUT2D eigenvalue weighted by Gasteiger charge is -2.30. The second-order valence-electron chi connectivity index (χ2n) is 25.9. The highest BCUT2D eigenvalue weighted by atomic mass is 16.4. The summed E-state index contributed by atoms with van der Waals surface area (Å²) in [6, 6.07) is 112. The van der Waals surface area contributed by atoms with Crippen LogP contribution in [0.4, 0.5) is 34.1 Å². The molecule has 2 heterocycles. The van der Waals surface area contributed by atoms with Gasteiger partial charge >= 0.3 is 0 Å². The lowest BCUT2D eigenvalue weighted by Crippen LogP contribution is -2.24. The van der Waals surface area contributed by atoms with Gasteiger partial charge in [0, 0.05) is 66.6 Å². The van der Waals surface area contributed by atoms with Gasteiger partial charge in [0.05, 0.1) is 11.4 Å². The highest BCUT2D eigenvalue weighted by molar-refractivity contribution is 6.07. The molecule has 2 aromatic heterocycles. The molecule has 94 heavy (non-hydrogen) atoms. The smallest absolute Gasteiger partial charge is 0.227 e. The number of benzene rings is 14. The molecule has 0 fully saturated rings. The molecule has 2 aliphatic rings. The number of anilines is 6. The average molecular weight is 1210 g/mol. The summed E-state index contributed by atoms with van der Waals surface area (Å²) in [6.45, 7) is 7.09. The number of oxazole rings is 2. The third-order valence-electron chi connectivity index (χ3n) is 19.9. The van der Waals surface area contributed by atoms with Crippen molar-refractivity contribution >= 4 is 77.9 Å². The van der Waals surface area contributed by atoms with Gasteiger partial charge in [-0.1, -0.05) is 221 Å². The highest BCUT2D eigenvalue weighted by Crippen LogP contribution is 2.55. The lowest BCUT2D eigenvalue weighted by atomic mass is 9.75. The van der Waals surface area contributed by atoms with Gasteiger partial charge in [-0.15, -0.1) is 0 Å². The van der Waals surface area contributed by atoms with Crippen molar-refractivity contribution in [2.24, 2.45) is 0 Å². The Morgan fingerprint density at radius 1 is 0.330 bits per heavy atom. The maximum atomic E-state index is 6.95. The number of nitrogens with zero attached hydrogens (tertiary/aromatic N) is 4. The van der Waals surface area contributed by atoms with Crippen LogP contribution in [0.15, 0.2) is 318 Å². The molecule has 0 saturated heterocycles. The fraction of sp³-hybridized carbons (Fsp3) is 0.0682. The Morgan fingerprint density at radius 2 is 0.798 bits per heavy atom. The second kappa shape index (κ2) is 21.7. The Balaban J connectivity index is 0.697. The summed E-state index contributed by atoms with van der Waals surface area (Å²) in [4.78, 5) is 15.1. The second-order valence-corrected chi connectivity index (χ2v) is 25.9. The first-order valence-electron chi connectivity index (χ1n) is 32.4. The summed E-state index contributed by atoms with van der Waals surface area (Å²) in [5.74, 6) is 1.21. The minimum absolute atomic E-state index is 0.103. The van der Waals surface area contributed by atoms with E-state index in [1.165, 1.54) is 50.1 Å². The largest absolute Gasteiger partial charge is 0.436 e. The summed E-state index contributed by atoms with van der Waals surface area (Å²) >= 11 is 0. The van der Waals surface area contributed by atoms with Crippen LogP contribution >= 0.6 is 0 Å². The zero-order valence-electron chi connectivity index (χ0n) is 52.3. The highest BCUT2D eigenvalue weighted by Gasteiger charge is 2.40. The van der Waals surface area contributed by atoms with E-state index in [4.69, 9.17) is 18.8 Å². The molecule has 16 aromatic rings. The quantitative estimate of drug-likeness (QED) is 0.121. The van der Waals surface area contributed by atoms with Crippen LogP contribution in [0.3, 0.4) is 0 Å². The van der Waals surface area contributed by atoms with Crippen LogP contribution in [0.25, 0.3) is 111 Å². The van der Waals surface area contributed by atoms with Gasteiger partial charge in [0.2, 0.25) is 11.8 Å². The Bertz CT molecular complexity index is 5670. The summed E-state index contributed by atoms with van der Waals surface area (Å²) < 4.78 is 13.3. The SMILES string of the molecule is CC1(C)c2ccccc2-c2cc(N(c3ccc4c(ccc5nc(-c6cccc(CC7(C)c8ccccc8-c8cc(N(c9ccc%10c(ccc%11oc(-c%12ccccc%12)nc%11%10)c9)c9ccccc9-c9ccccc9)ccc87)c6)oc54)c3)c3ccccc3-c3ccccc3)ccc21. The molecule has 446 valence electrons. The first-order chi connectivity index (χ1) is 46.2. The summed E-state index contributed by atoms with van der Waals surface area (Å²) in [7, 11) is 0. The maximum Gasteiger partial charge on any atom is 0.227 e. The Labute approximate surface area is 546 Å². The van der Waals surface area contributed by atoms with Crippen molar-refractivity contribution in [2.45, 2.75) is 38.0 Å². The van der Waals surface area contributed by atoms with Crippen LogP contribution in [-0.4, -0.2) is 9.97 Å². The van der Waals surface area contributed by atoms with Crippen molar-refractivity contribution in [3.63, 3.8) is 0 Å². The van der Waals surface area contributed by atoms with E-state index in [-0.39, 0.29) is 10.8 Å². The van der Waals surface area contributed by atoms with Gasteiger partial charge in [-0.2, -0.15) is 0 Å². The topological polar surface area (TPSA) is 58.5 Å². The molecule has 0 radical (unpaired) electrons. The Kier molecular flexibility index (Phi) is 12.7. The van der Waals surface area contributed by atoms with Crippen molar-refractivity contribution in [3.8, 4) is 67.4 Å². The van der Waals surface area contributed by atoms with Crippen LogP contribution < -0.4 is 9.80 Å². The third-order valence-corrected chi connectivity index (χ3v) is 19.9. The average Bonchev–Trinajstić information content (AvgIpc) is 1.55. The molecule has 6 nitrogen and oxygen atoms in total. The molecule has 0 saturated carbocycles. The normalized spacial score (nSPS) is 14.3. The molecule has 0 bridgehead atoms. The molecule has 1 atom stereocenters. The molecular formula is C88H62N4O2. The molecule has 1 unspecified atom stereocenters. The van der Waals surface area contributed by atoms with E-state index in [1.54, 1.807) is 0 Å². The Hall–Kier alpha value is -11.9. The van der Waals surface area contributed by atoms with Crippen molar-refractivity contribution < 1.29 is 8.83 Å². The molecule has 0 amide bonds. The van der Waals surface area contributed by atoms with Crippen molar-refractivity contribution in [2.75, 3.05) is 9.80 Å². The summed E-state index contributed by atoms with van der Waals surface area (Å²) in [6.07, 6.45) is 0.766. The fourth-order valence-corrected chi connectivity index (χ4v) is 15.4. The standard InChI is InChI=1S/C88H62N4O2/c1-87(2)75-34-17-13-32-71(75)73-53-65(42-46-76(73)87)92(81-37-20-16-31-68(81)58-25-9-5-10-26-58)64-41-45-70-61(52-64)38-48-79-84(70)94-86(89-79)62-29-21-22-56(50-62)55-88(3)77-35-18-14-33-72(77)74-54-66(43-47-78(74)88)91(80-36-19-15-30-67(80)57-23-7-4-8-24-57)63-40-44-69-60(51-63)39-49-82-83(69)90-85(93-82)59-27-11-6-12-28-59/h4-54H,55H2,1-3H3. The molecule has 0 N–H and O–H groups in total. The number of rotatable bonds is 12. The Morgan fingerprint density at radius 3 is 1.46 bits per heavy atom. The van der Waals surface area contributed by atoms with E-state index in [1.807, 2.05) is 36.4 Å². The van der Waals surface area contributed by atoms with Gasteiger partial charge in [0.15, 0.2) is 11.2 Å². The van der Waals surface area contributed by atoms with Crippen LogP contribution in [0.1, 0.15) is 48.6 Å². The van der Waals surface area contributed by atoms with E-state index in [2.05, 4.69) is 304 Å². The zero-order chi connectivity index (χ0) is 62.7. The number of fused-ring (bicyclic) bond motifs is 12. The maximum absolute atomic E-state index is 6.95. The van der Waals surface area contributed by atoms with E-state index >= 15 is 0 Å². The molecule has 0 spiro atoms. The molecule has 2 aliphatic carbocycles. The van der Waals surface area contributed by atoms with Crippen LogP contribution in [0, 0.1) is 0 Å². The molecular weight excluding hydrogens is 1140 g/mol. The van der Waals surface area contributed by atoms with Gasteiger partial charge in [0.25, 0.3) is 0 Å². The number of aromatic nitrogens is 2. The molecule has 18 rings (SSSR count). The van der Waals surface area contributed by atoms with E-state index in [9.17, 15) is 0 Å². The van der Waals surface area contributed by atoms with Gasteiger partial charge in [-0.3, -0.25) is 0 Å². The summed E-state index contributed by atoms with van der Waals surface area (Å²) in [5, 5.41) is 4.19. The minimum atomic E-state index is -0.355. The van der Waals surface area contributed by atoms with Gasteiger partial charge < -0.3 is 18.6 Å². The van der Waals surface area contributed by atoms with Crippen molar-refractivity contribution in [1.29, 1.82) is 0 Å². The predicted molar refractivity (Wildman–Crippen MR) is 387 cm³/mol. The fourth-order valence-electron chi connectivity index (χ4n) is 15.4.